The zero-order valence-electron chi connectivity index (χ0n) is 11.9. The maximum Gasteiger partial charge on any atom is 0.255 e. The summed E-state index contributed by atoms with van der Waals surface area (Å²) in [6.45, 7) is 5.94. The zero-order valence-corrected chi connectivity index (χ0v) is 12.8. The van der Waals surface area contributed by atoms with E-state index in [0.717, 1.165) is 12.0 Å². The summed E-state index contributed by atoms with van der Waals surface area (Å²) in [7, 11) is 0. The molecule has 1 heterocycles. The van der Waals surface area contributed by atoms with E-state index in [0.29, 0.717) is 5.56 Å². The van der Waals surface area contributed by atoms with Crippen LogP contribution in [-0.4, -0.2) is 17.1 Å². The van der Waals surface area contributed by atoms with Crippen LogP contribution in [0, 0.1) is 13.8 Å². The summed E-state index contributed by atoms with van der Waals surface area (Å²) in [6.07, 6.45) is 0.802. The normalized spacial score (nSPS) is 12.2. The highest BCUT2D eigenvalue weighted by Crippen LogP contribution is 2.19. The third kappa shape index (κ3) is 3.61. The molecule has 0 aliphatic heterocycles. The van der Waals surface area contributed by atoms with Crippen molar-refractivity contribution in [2.75, 3.05) is 0 Å². The molecule has 106 valence electrons. The molecular formula is C16H19NO2S. The maximum absolute atomic E-state index is 12.2. The number of aryl methyl sites for hydroxylation is 2. The Balaban J connectivity index is 2.02. The van der Waals surface area contributed by atoms with E-state index in [1.165, 1.54) is 9.75 Å². The largest absolute Gasteiger partial charge is 0.507 e. The molecule has 1 aromatic heterocycles. The Morgan fingerprint density at radius 2 is 2.05 bits per heavy atom. The number of rotatable bonds is 4. The van der Waals surface area contributed by atoms with Crippen molar-refractivity contribution in [3.63, 3.8) is 0 Å². The number of nitrogens with one attached hydrogen (secondary N) is 1. The van der Waals surface area contributed by atoms with E-state index >= 15 is 0 Å². The summed E-state index contributed by atoms with van der Waals surface area (Å²) in [6, 6.07) is 9.24. The molecule has 0 radical (unpaired) electrons. The molecular weight excluding hydrogens is 270 g/mol. The lowest BCUT2D eigenvalue weighted by molar-refractivity contribution is 0.0937. The smallest absolute Gasteiger partial charge is 0.255 e. The van der Waals surface area contributed by atoms with Crippen molar-refractivity contribution in [1.82, 2.24) is 5.32 Å². The molecule has 2 rings (SSSR count). The number of carbonyl (C=O) groups excluding carboxylic acids is 1. The van der Waals surface area contributed by atoms with Crippen LogP contribution in [0.3, 0.4) is 0 Å². The van der Waals surface area contributed by atoms with Crippen LogP contribution in [0.25, 0.3) is 0 Å². The average Bonchev–Trinajstić information content (AvgIpc) is 2.77. The van der Waals surface area contributed by atoms with Gasteiger partial charge in [0.25, 0.3) is 5.91 Å². The van der Waals surface area contributed by atoms with E-state index in [9.17, 15) is 9.90 Å². The number of phenols is 1. The highest BCUT2D eigenvalue weighted by Gasteiger charge is 2.14. The van der Waals surface area contributed by atoms with Gasteiger partial charge in [-0.05, 0) is 45.0 Å². The van der Waals surface area contributed by atoms with Crippen LogP contribution in [-0.2, 0) is 6.42 Å². The van der Waals surface area contributed by atoms with Crippen molar-refractivity contribution in [2.24, 2.45) is 0 Å². The molecule has 3 nitrogen and oxygen atoms in total. The highest BCUT2D eigenvalue weighted by molar-refractivity contribution is 7.11. The number of amides is 1. The molecule has 0 saturated carbocycles. The third-order valence-corrected chi connectivity index (χ3v) is 4.10. The van der Waals surface area contributed by atoms with Crippen molar-refractivity contribution in [1.29, 1.82) is 0 Å². The Kier molecular flexibility index (Phi) is 4.45. The Morgan fingerprint density at radius 1 is 1.30 bits per heavy atom. The predicted octanol–water partition coefficient (Wildman–Crippen LogP) is 3.43. The van der Waals surface area contributed by atoms with Crippen molar-refractivity contribution in [3.05, 3.63) is 51.2 Å². The van der Waals surface area contributed by atoms with Gasteiger partial charge < -0.3 is 10.4 Å². The molecule has 2 aromatic rings. The number of hydrogen-bond donors (Lipinski definition) is 2. The zero-order chi connectivity index (χ0) is 14.7. The molecule has 1 unspecified atom stereocenters. The van der Waals surface area contributed by atoms with Gasteiger partial charge in [0, 0.05) is 22.2 Å². The summed E-state index contributed by atoms with van der Waals surface area (Å²) in [4.78, 5) is 14.7. The fourth-order valence-corrected chi connectivity index (χ4v) is 3.10. The van der Waals surface area contributed by atoms with Crippen LogP contribution in [0.4, 0.5) is 0 Å². The second-order valence-corrected chi connectivity index (χ2v) is 6.48. The van der Waals surface area contributed by atoms with E-state index in [1.54, 1.807) is 29.5 Å². The number of carbonyl (C=O) groups is 1. The van der Waals surface area contributed by atoms with Crippen LogP contribution in [0.5, 0.6) is 5.75 Å². The summed E-state index contributed by atoms with van der Waals surface area (Å²) >= 11 is 1.74. The molecule has 20 heavy (non-hydrogen) atoms. The summed E-state index contributed by atoms with van der Waals surface area (Å²) < 4.78 is 0. The lowest BCUT2D eigenvalue weighted by Gasteiger charge is -2.14. The van der Waals surface area contributed by atoms with Gasteiger partial charge in [-0.15, -0.1) is 11.3 Å². The van der Waals surface area contributed by atoms with Gasteiger partial charge in [0.2, 0.25) is 0 Å². The first-order valence-corrected chi connectivity index (χ1v) is 7.43. The number of aromatic hydroxyl groups is 1. The molecule has 0 aliphatic rings. The lowest BCUT2D eigenvalue weighted by atomic mass is 10.1. The molecule has 2 N–H and O–H groups in total. The molecule has 1 aromatic carbocycles. The predicted molar refractivity (Wildman–Crippen MR) is 82.5 cm³/mol. The minimum Gasteiger partial charge on any atom is -0.507 e. The number of benzene rings is 1. The van der Waals surface area contributed by atoms with Crippen molar-refractivity contribution < 1.29 is 9.90 Å². The quantitative estimate of drug-likeness (QED) is 0.906. The van der Waals surface area contributed by atoms with Gasteiger partial charge in [-0.2, -0.15) is 0 Å². The van der Waals surface area contributed by atoms with Gasteiger partial charge in [-0.3, -0.25) is 4.79 Å². The van der Waals surface area contributed by atoms with Crippen molar-refractivity contribution >= 4 is 17.2 Å². The fourth-order valence-electron chi connectivity index (χ4n) is 2.08. The number of thiophene rings is 1. The van der Waals surface area contributed by atoms with E-state index in [1.807, 2.05) is 13.8 Å². The second-order valence-electron chi connectivity index (χ2n) is 5.11. The molecule has 0 spiro atoms. The van der Waals surface area contributed by atoms with Gasteiger partial charge in [0.1, 0.15) is 5.75 Å². The molecule has 1 atom stereocenters. The number of phenolic OH excluding ortho intramolecular Hbond substituents is 1. The summed E-state index contributed by atoms with van der Waals surface area (Å²) in [5.74, 6) is -0.209. The molecule has 0 bridgehead atoms. The van der Waals surface area contributed by atoms with E-state index in [-0.39, 0.29) is 17.7 Å². The monoisotopic (exact) mass is 289 g/mol. The molecule has 4 heteroatoms. The Hall–Kier alpha value is -1.81. The van der Waals surface area contributed by atoms with Crippen molar-refractivity contribution in [3.8, 4) is 5.75 Å². The van der Waals surface area contributed by atoms with Crippen LogP contribution in [0.2, 0.25) is 0 Å². The first-order chi connectivity index (χ1) is 9.45. The highest BCUT2D eigenvalue weighted by atomic mass is 32.1. The molecule has 1 amide bonds. The maximum atomic E-state index is 12.2. The average molecular weight is 289 g/mol. The molecule has 0 saturated heterocycles. The second kappa shape index (κ2) is 6.09. The van der Waals surface area contributed by atoms with Crippen LogP contribution >= 0.6 is 11.3 Å². The first kappa shape index (κ1) is 14.6. The van der Waals surface area contributed by atoms with Gasteiger partial charge in [-0.25, -0.2) is 0 Å². The SMILES string of the molecule is Cc1ccc(O)c(C(=O)NC(C)Cc2ccc(C)s2)c1. The van der Waals surface area contributed by atoms with E-state index in [4.69, 9.17) is 0 Å². The molecule has 0 aliphatic carbocycles. The van der Waals surface area contributed by atoms with E-state index < -0.39 is 0 Å². The van der Waals surface area contributed by atoms with Gasteiger partial charge in [-0.1, -0.05) is 11.6 Å². The van der Waals surface area contributed by atoms with Gasteiger partial charge in [0.15, 0.2) is 0 Å². The standard InChI is InChI=1S/C16H19NO2S/c1-10-4-7-15(18)14(8-10)16(19)17-11(2)9-13-6-5-12(3)20-13/h4-8,11,18H,9H2,1-3H3,(H,17,19). The van der Waals surface area contributed by atoms with Crippen molar-refractivity contribution in [2.45, 2.75) is 33.2 Å². The van der Waals surface area contributed by atoms with Crippen LogP contribution in [0.1, 0.15) is 32.6 Å². The minimum atomic E-state index is -0.230. The van der Waals surface area contributed by atoms with Gasteiger partial charge >= 0.3 is 0 Å². The third-order valence-electron chi connectivity index (χ3n) is 3.08. The number of hydrogen-bond acceptors (Lipinski definition) is 3. The summed E-state index contributed by atoms with van der Waals surface area (Å²) in [5.41, 5.74) is 1.29. The topological polar surface area (TPSA) is 49.3 Å². The Morgan fingerprint density at radius 3 is 2.70 bits per heavy atom. The van der Waals surface area contributed by atoms with Gasteiger partial charge in [0.05, 0.1) is 5.56 Å². The first-order valence-electron chi connectivity index (χ1n) is 6.61. The summed E-state index contributed by atoms with van der Waals surface area (Å²) in [5, 5.41) is 12.7. The fraction of sp³-hybridized carbons (Fsp3) is 0.312. The van der Waals surface area contributed by atoms with E-state index in [2.05, 4.69) is 24.4 Å². The Labute approximate surface area is 123 Å². The Bertz CT molecular complexity index is 619. The van der Waals surface area contributed by atoms with Crippen LogP contribution < -0.4 is 5.32 Å². The minimum absolute atomic E-state index is 0.0206. The van der Waals surface area contributed by atoms with Crippen LogP contribution in [0.15, 0.2) is 30.3 Å². The lowest BCUT2D eigenvalue weighted by Crippen LogP contribution is -2.33. The molecule has 0 fully saturated rings.